The van der Waals surface area contributed by atoms with Crippen LogP contribution in [0.5, 0.6) is 0 Å². The number of carbonyl (C=O) groups is 1. The summed E-state index contributed by atoms with van der Waals surface area (Å²) in [6, 6.07) is 18.1. The second-order valence-corrected chi connectivity index (χ2v) is 6.48. The first-order valence-electron chi connectivity index (χ1n) is 7.86. The zero-order valence-corrected chi connectivity index (χ0v) is 14.1. The Hall–Kier alpha value is -1.78. The smallest absolute Gasteiger partial charge is 0.255 e. The Bertz CT molecular complexity index is 659. The van der Waals surface area contributed by atoms with Crippen molar-refractivity contribution in [1.82, 2.24) is 4.90 Å². The molecular weight excluding hydrogens is 306 g/mol. The van der Waals surface area contributed by atoms with E-state index in [1.54, 1.807) is 11.8 Å². The van der Waals surface area contributed by atoms with E-state index in [0.717, 1.165) is 16.9 Å². The van der Waals surface area contributed by atoms with E-state index < -0.39 is 0 Å². The number of rotatable bonds is 4. The maximum Gasteiger partial charge on any atom is 0.255 e. The number of benzene rings is 2. The van der Waals surface area contributed by atoms with E-state index in [2.05, 4.69) is 12.1 Å². The van der Waals surface area contributed by atoms with Gasteiger partial charge in [0.2, 0.25) is 0 Å². The fraction of sp³-hybridized carbons (Fsp3) is 0.316. The quantitative estimate of drug-likeness (QED) is 0.805. The minimum absolute atomic E-state index is 0.0662. The monoisotopic (exact) mass is 327 g/mol. The Labute approximate surface area is 141 Å². The highest BCUT2D eigenvalue weighted by molar-refractivity contribution is 7.98. The molecule has 1 amide bonds. The first-order valence-corrected chi connectivity index (χ1v) is 9.08. The van der Waals surface area contributed by atoms with Gasteiger partial charge in [0.15, 0.2) is 0 Å². The van der Waals surface area contributed by atoms with Crippen molar-refractivity contribution in [2.24, 2.45) is 0 Å². The molecule has 2 aromatic carbocycles. The maximum absolute atomic E-state index is 12.8. The van der Waals surface area contributed by atoms with Crippen molar-refractivity contribution in [1.29, 1.82) is 0 Å². The molecule has 0 N–H and O–H groups in total. The molecule has 3 nitrogen and oxygen atoms in total. The van der Waals surface area contributed by atoms with Crippen LogP contribution in [0, 0.1) is 0 Å². The Balaban J connectivity index is 1.69. The highest BCUT2D eigenvalue weighted by Gasteiger charge is 2.26. The molecule has 3 rings (SSSR count). The molecule has 0 spiro atoms. The van der Waals surface area contributed by atoms with Crippen molar-refractivity contribution in [2.75, 3.05) is 26.0 Å². The average molecular weight is 327 g/mol. The third-order valence-electron chi connectivity index (χ3n) is 4.07. The molecule has 1 aliphatic rings. The van der Waals surface area contributed by atoms with Gasteiger partial charge < -0.3 is 9.64 Å². The summed E-state index contributed by atoms with van der Waals surface area (Å²) in [6.07, 6.45) is 2.91. The minimum Gasteiger partial charge on any atom is -0.374 e. The molecule has 0 radical (unpaired) electrons. The molecule has 2 aromatic rings. The van der Waals surface area contributed by atoms with Crippen molar-refractivity contribution in [3.05, 3.63) is 65.7 Å². The standard InChI is InChI=1S/C19H21NO2S/c1-23-18-10-6-5-9-17(18)19(21)20-11-12-22-16(14-20)13-15-7-3-2-4-8-15/h2-10,16H,11-14H2,1H3. The minimum atomic E-state index is 0.0662. The molecule has 1 aliphatic heterocycles. The van der Waals surface area contributed by atoms with Gasteiger partial charge in [0.1, 0.15) is 0 Å². The molecule has 1 atom stereocenters. The predicted octanol–water partition coefficient (Wildman–Crippen LogP) is 3.49. The van der Waals surface area contributed by atoms with Crippen molar-refractivity contribution >= 4 is 17.7 Å². The number of nitrogens with zero attached hydrogens (tertiary/aromatic N) is 1. The number of hydrogen-bond acceptors (Lipinski definition) is 3. The van der Waals surface area contributed by atoms with E-state index in [9.17, 15) is 4.79 Å². The molecule has 0 aliphatic carbocycles. The van der Waals surface area contributed by atoms with Gasteiger partial charge in [-0.25, -0.2) is 0 Å². The molecule has 23 heavy (non-hydrogen) atoms. The van der Waals surface area contributed by atoms with Crippen molar-refractivity contribution in [3.63, 3.8) is 0 Å². The maximum atomic E-state index is 12.8. The molecule has 1 unspecified atom stereocenters. The van der Waals surface area contributed by atoms with Crippen molar-refractivity contribution in [2.45, 2.75) is 17.4 Å². The molecule has 1 fully saturated rings. The lowest BCUT2D eigenvalue weighted by Gasteiger charge is -2.33. The Kier molecular flexibility index (Phi) is 5.36. The van der Waals surface area contributed by atoms with Crippen LogP contribution in [0.15, 0.2) is 59.5 Å². The van der Waals surface area contributed by atoms with Crippen LogP contribution in [0.25, 0.3) is 0 Å². The highest BCUT2D eigenvalue weighted by Crippen LogP contribution is 2.22. The molecule has 0 bridgehead atoms. The highest BCUT2D eigenvalue weighted by atomic mass is 32.2. The zero-order chi connectivity index (χ0) is 16.1. The number of carbonyl (C=O) groups excluding carboxylic acids is 1. The Morgan fingerprint density at radius 1 is 1.17 bits per heavy atom. The second kappa shape index (κ2) is 7.66. The summed E-state index contributed by atoms with van der Waals surface area (Å²) in [4.78, 5) is 15.8. The number of morpholine rings is 1. The van der Waals surface area contributed by atoms with Gasteiger partial charge in [-0.15, -0.1) is 11.8 Å². The number of ether oxygens (including phenoxy) is 1. The summed E-state index contributed by atoms with van der Waals surface area (Å²) in [7, 11) is 0. The summed E-state index contributed by atoms with van der Waals surface area (Å²) in [5.74, 6) is 0.108. The number of amides is 1. The zero-order valence-electron chi connectivity index (χ0n) is 13.3. The Morgan fingerprint density at radius 3 is 2.70 bits per heavy atom. The summed E-state index contributed by atoms with van der Waals surface area (Å²) >= 11 is 1.61. The first kappa shape index (κ1) is 16.1. The molecule has 0 aromatic heterocycles. The van der Waals surface area contributed by atoms with Crippen LogP contribution in [-0.2, 0) is 11.2 Å². The Morgan fingerprint density at radius 2 is 1.91 bits per heavy atom. The third kappa shape index (κ3) is 3.95. The molecule has 0 saturated carbocycles. The lowest BCUT2D eigenvalue weighted by Crippen LogP contribution is -2.46. The van der Waals surface area contributed by atoms with E-state index >= 15 is 0 Å². The first-order chi connectivity index (χ1) is 11.3. The van der Waals surface area contributed by atoms with Gasteiger partial charge in [-0.3, -0.25) is 4.79 Å². The van der Waals surface area contributed by atoms with Crippen molar-refractivity contribution < 1.29 is 9.53 Å². The second-order valence-electron chi connectivity index (χ2n) is 5.63. The van der Waals surface area contributed by atoms with E-state index in [1.807, 2.05) is 53.6 Å². The van der Waals surface area contributed by atoms with Crippen LogP contribution in [-0.4, -0.2) is 42.9 Å². The average Bonchev–Trinajstić information content (AvgIpc) is 2.62. The van der Waals surface area contributed by atoms with Crippen LogP contribution in [0.2, 0.25) is 0 Å². The molecule has 1 heterocycles. The van der Waals surface area contributed by atoms with Crippen LogP contribution in [0.4, 0.5) is 0 Å². The van der Waals surface area contributed by atoms with Gasteiger partial charge in [-0.05, 0) is 24.0 Å². The lowest BCUT2D eigenvalue weighted by molar-refractivity contribution is -0.0209. The van der Waals surface area contributed by atoms with Crippen LogP contribution < -0.4 is 0 Å². The SMILES string of the molecule is CSc1ccccc1C(=O)N1CCOC(Cc2ccccc2)C1. The van der Waals surface area contributed by atoms with Gasteiger partial charge in [0, 0.05) is 24.4 Å². The van der Waals surface area contributed by atoms with Crippen LogP contribution in [0.3, 0.4) is 0 Å². The predicted molar refractivity (Wildman–Crippen MR) is 94.0 cm³/mol. The van der Waals surface area contributed by atoms with Crippen molar-refractivity contribution in [3.8, 4) is 0 Å². The fourth-order valence-corrected chi connectivity index (χ4v) is 3.49. The summed E-state index contributed by atoms with van der Waals surface area (Å²) in [6.45, 7) is 1.91. The van der Waals surface area contributed by atoms with E-state index in [-0.39, 0.29) is 12.0 Å². The van der Waals surface area contributed by atoms with Gasteiger partial charge in [0.05, 0.1) is 18.3 Å². The largest absolute Gasteiger partial charge is 0.374 e. The van der Waals surface area contributed by atoms with Gasteiger partial charge in [-0.1, -0.05) is 42.5 Å². The fourth-order valence-electron chi connectivity index (χ4n) is 2.90. The van der Waals surface area contributed by atoms with Crippen LogP contribution >= 0.6 is 11.8 Å². The van der Waals surface area contributed by atoms with E-state index in [0.29, 0.717) is 19.7 Å². The van der Waals surface area contributed by atoms with E-state index in [1.165, 1.54) is 5.56 Å². The third-order valence-corrected chi connectivity index (χ3v) is 4.87. The summed E-state index contributed by atoms with van der Waals surface area (Å²) in [5, 5.41) is 0. The van der Waals surface area contributed by atoms with Gasteiger partial charge >= 0.3 is 0 Å². The molecule has 4 heteroatoms. The number of hydrogen-bond donors (Lipinski definition) is 0. The van der Waals surface area contributed by atoms with E-state index in [4.69, 9.17) is 4.74 Å². The molecule has 1 saturated heterocycles. The molecule has 120 valence electrons. The number of thioether (sulfide) groups is 1. The van der Waals surface area contributed by atoms with Gasteiger partial charge in [-0.2, -0.15) is 0 Å². The lowest BCUT2D eigenvalue weighted by atomic mass is 10.1. The van der Waals surface area contributed by atoms with Crippen LogP contribution in [0.1, 0.15) is 15.9 Å². The molecular formula is C19H21NO2S. The van der Waals surface area contributed by atoms with Gasteiger partial charge in [0.25, 0.3) is 5.91 Å². The summed E-state index contributed by atoms with van der Waals surface area (Å²) in [5.41, 5.74) is 2.04. The summed E-state index contributed by atoms with van der Waals surface area (Å²) < 4.78 is 5.86. The topological polar surface area (TPSA) is 29.5 Å². The normalized spacial score (nSPS) is 18.0.